The topological polar surface area (TPSA) is 80.3 Å². The Labute approximate surface area is 101 Å². The molecule has 1 heterocycles. The Balaban J connectivity index is 2.15. The van der Waals surface area contributed by atoms with Crippen molar-refractivity contribution in [3.63, 3.8) is 0 Å². The lowest BCUT2D eigenvalue weighted by Gasteiger charge is -2.11. The lowest BCUT2D eigenvalue weighted by molar-refractivity contribution is 0.562. The summed E-state index contributed by atoms with van der Waals surface area (Å²) in [6.45, 7) is 0. The third-order valence-electron chi connectivity index (χ3n) is 2.61. The second-order valence-electron chi connectivity index (χ2n) is 4.03. The van der Waals surface area contributed by atoms with E-state index in [2.05, 4.69) is 4.72 Å². The molecule has 0 bridgehead atoms. The van der Waals surface area contributed by atoms with Crippen LogP contribution in [0.15, 0.2) is 35.2 Å². The maximum Gasteiger partial charge on any atom is 0.240 e. The van der Waals surface area contributed by atoms with Gasteiger partial charge in [-0.2, -0.15) is 0 Å². The van der Waals surface area contributed by atoms with Gasteiger partial charge in [0.2, 0.25) is 10.0 Å². The second-order valence-corrected chi connectivity index (χ2v) is 7.98. The van der Waals surface area contributed by atoms with Crippen molar-refractivity contribution < 1.29 is 16.8 Å². The molecule has 1 aromatic rings. The number of hydrogen-bond acceptors (Lipinski definition) is 4. The van der Waals surface area contributed by atoms with E-state index in [0.717, 1.165) is 0 Å². The molecule has 94 valence electrons. The van der Waals surface area contributed by atoms with Crippen LogP contribution in [0.3, 0.4) is 0 Å². The molecule has 1 N–H and O–H groups in total. The van der Waals surface area contributed by atoms with E-state index < -0.39 is 25.9 Å². The van der Waals surface area contributed by atoms with Crippen molar-refractivity contribution >= 4 is 19.9 Å². The maximum absolute atomic E-state index is 11.9. The number of nitrogens with one attached hydrogen (secondary N) is 1. The van der Waals surface area contributed by atoms with Crippen molar-refractivity contribution in [1.29, 1.82) is 0 Å². The molecule has 1 aliphatic rings. The van der Waals surface area contributed by atoms with Gasteiger partial charge in [0.25, 0.3) is 0 Å². The van der Waals surface area contributed by atoms with Crippen LogP contribution in [-0.4, -0.2) is 34.4 Å². The first kappa shape index (κ1) is 12.5. The van der Waals surface area contributed by atoms with Gasteiger partial charge in [0.1, 0.15) is 0 Å². The Morgan fingerprint density at radius 1 is 1.18 bits per heavy atom. The van der Waals surface area contributed by atoms with Crippen LogP contribution < -0.4 is 4.72 Å². The highest BCUT2D eigenvalue weighted by Gasteiger charge is 2.31. The van der Waals surface area contributed by atoms with Gasteiger partial charge >= 0.3 is 0 Å². The summed E-state index contributed by atoms with van der Waals surface area (Å²) in [6, 6.07) is 7.42. The SMILES string of the molecule is O=S1(=O)CC[C@H](NS(=O)(=O)c2ccccc2)C1. The summed E-state index contributed by atoms with van der Waals surface area (Å²) in [4.78, 5) is 0.157. The van der Waals surface area contributed by atoms with Crippen molar-refractivity contribution in [2.24, 2.45) is 0 Å². The summed E-state index contributed by atoms with van der Waals surface area (Å²) in [6.07, 6.45) is 0.342. The Hall–Kier alpha value is -0.920. The molecule has 1 saturated heterocycles. The molecular formula is C10H13NO4S2. The van der Waals surface area contributed by atoms with Crippen LogP contribution in [0.5, 0.6) is 0 Å². The van der Waals surface area contributed by atoms with Gasteiger partial charge in [-0.3, -0.25) is 0 Å². The first-order valence-electron chi connectivity index (χ1n) is 5.17. The smallest absolute Gasteiger partial charge is 0.229 e. The summed E-state index contributed by atoms with van der Waals surface area (Å²) in [5.74, 6) is -0.0615. The standard InChI is InChI=1S/C10H13NO4S2/c12-16(13)7-6-9(8-16)11-17(14,15)10-4-2-1-3-5-10/h1-5,9,11H,6-8H2/t9-/m0/s1. The molecule has 0 saturated carbocycles. The normalized spacial score (nSPS) is 23.6. The number of hydrogen-bond donors (Lipinski definition) is 1. The Morgan fingerprint density at radius 3 is 2.35 bits per heavy atom. The Morgan fingerprint density at radius 2 is 1.82 bits per heavy atom. The molecule has 7 heteroatoms. The summed E-state index contributed by atoms with van der Waals surface area (Å²) in [7, 11) is -6.69. The fourth-order valence-corrected chi connectivity index (χ4v) is 4.85. The van der Waals surface area contributed by atoms with E-state index in [1.165, 1.54) is 12.1 Å². The zero-order valence-electron chi connectivity index (χ0n) is 9.03. The lowest BCUT2D eigenvalue weighted by atomic mass is 10.3. The van der Waals surface area contributed by atoms with Gasteiger partial charge in [0, 0.05) is 6.04 Å². The van der Waals surface area contributed by atoms with Crippen LogP contribution in [0.4, 0.5) is 0 Å². The summed E-state index contributed by atoms with van der Waals surface area (Å²) < 4.78 is 48.7. The van der Waals surface area contributed by atoms with Crippen LogP contribution in [0.2, 0.25) is 0 Å². The minimum Gasteiger partial charge on any atom is -0.229 e. The van der Waals surface area contributed by atoms with Crippen molar-refractivity contribution in [2.45, 2.75) is 17.4 Å². The van der Waals surface area contributed by atoms with E-state index in [-0.39, 0.29) is 16.4 Å². The van der Waals surface area contributed by atoms with Gasteiger partial charge in [-0.1, -0.05) is 18.2 Å². The highest BCUT2D eigenvalue weighted by atomic mass is 32.2. The first-order valence-corrected chi connectivity index (χ1v) is 8.47. The number of sulfonamides is 1. The predicted octanol–water partition coefficient (Wildman–Crippen LogP) is 0.152. The van der Waals surface area contributed by atoms with Crippen LogP contribution >= 0.6 is 0 Å². The minimum atomic E-state index is -3.61. The first-order chi connectivity index (χ1) is 7.89. The fourth-order valence-electron chi connectivity index (χ4n) is 1.78. The molecule has 0 unspecified atom stereocenters. The molecule has 2 rings (SSSR count). The molecule has 1 atom stereocenters. The van der Waals surface area contributed by atoms with E-state index in [9.17, 15) is 16.8 Å². The highest BCUT2D eigenvalue weighted by molar-refractivity contribution is 7.92. The summed E-state index contributed by atoms with van der Waals surface area (Å²) >= 11 is 0. The Kier molecular flexibility index (Phi) is 3.24. The van der Waals surface area contributed by atoms with Gasteiger partial charge in [-0.25, -0.2) is 21.6 Å². The van der Waals surface area contributed by atoms with Crippen LogP contribution in [-0.2, 0) is 19.9 Å². The zero-order valence-corrected chi connectivity index (χ0v) is 10.7. The molecule has 0 radical (unpaired) electrons. The van der Waals surface area contributed by atoms with E-state index >= 15 is 0 Å². The molecule has 0 amide bonds. The molecule has 5 nitrogen and oxygen atoms in total. The second kappa shape index (κ2) is 4.40. The largest absolute Gasteiger partial charge is 0.240 e. The highest BCUT2D eigenvalue weighted by Crippen LogP contribution is 2.15. The van der Waals surface area contributed by atoms with Crippen molar-refractivity contribution in [1.82, 2.24) is 4.72 Å². The van der Waals surface area contributed by atoms with Crippen molar-refractivity contribution in [2.75, 3.05) is 11.5 Å². The summed E-state index contributed by atoms with van der Waals surface area (Å²) in [5, 5.41) is 0. The average Bonchev–Trinajstić information content (AvgIpc) is 2.58. The molecule has 1 aromatic carbocycles. The molecule has 0 spiro atoms. The van der Waals surface area contributed by atoms with Gasteiger partial charge in [0.15, 0.2) is 9.84 Å². The maximum atomic E-state index is 11.9. The molecule has 0 aromatic heterocycles. The molecular weight excluding hydrogens is 262 g/mol. The molecule has 17 heavy (non-hydrogen) atoms. The van der Waals surface area contributed by atoms with E-state index in [1.54, 1.807) is 18.2 Å². The monoisotopic (exact) mass is 275 g/mol. The van der Waals surface area contributed by atoms with Gasteiger partial charge in [0.05, 0.1) is 16.4 Å². The number of benzene rings is 1. The fraction of sp³-hybridized carbons (Fsp3) is 0.400. The zero-order chi connectivity index (χ0) is 12.5. The van der Waals surface area contributed by atoms with E-state index in [0.29, 0.717) is 6.42 Å². The van der Waals surface area contributed by atoms with Gasteiger partial charge in [-0.05, 0) is 18.6 Å². The number of rotatable bonds is 3. The lowest BCUT2D eigenvalue weighted by Crippen LogP contribution is -2.35. The van der Waals surface area contributed by atoms with Crippen LogP contribution in [0.25, 0.3) is 0 Å². The van der Waals surface area contributed by atoms with Crippen molar-refractivity contribution in [3.8, 4) is 0 Å². The van der Waals surface area contributed by atoms with Gasteiger partial charge in [-0.15, -0.1) is 0 Å². The predicted molar refractivity (Wildman–Crippen MR) is 63.8 cm³/mol. The minimum absolute atomic E-state index is 0.0506. The van der Waals surface area contributed by atoms with E-state index in [4.69, 9.17) is 0 Å². The van der Waals surface area contributed by atoms with Crippen LogP contribution in [0, 0.1) is 0 Å². The molecule has 1 aliphatic heterocycles. The average molecular weight is 275 g/mol. The third kappa shape index (κ3) is 3.05. The molecule has 1 fully saturated rings. The van der Waals surface area contributed by atoms with Crippen LogP contribution in [0.1, 0.15) is 6.42 Å². The van der Waals surface area contributed by atoms with E-state index in [1.807, 2.05) is 0 Å². The van der Waals surface area contributed by atoms with Crippen molar-refractivity contribution in [3.05, 3.63) is 30.3 Å². The quantitative estimate of drug-likeness (QED) is 0.851. The third-order valence-corrected chi connectivity index (χ3v) is 5.91. The summed E-state index contributed by atoms with van der Waals surface area (Å²) in [5.41, 5.74) is 0. The number of sulfone groups is 1. The van der Waals surface area contributed by atoms with Gasteiger partial charge < -0.3 is 0 Å². The Bertz CT molecular complexity index is 592. The molecule has 0 aliphatic carbocycles.